The van der Waals surface area contributed by atoms with Crippen molar-refractivity contribution in [2.45, 2.75) is 6.42 Å². The molecule has 0 aliphatic carbocycles. The van der Waals surface area contributed by atoms with Gasteiger partial charge < -0.3 is 0 Å². The van der Waals surface area contributed by atoms with E-state index in [4.69, 9.17) is 0 Å². The second-order valence-electron chi connectivity index (χ2n) is 4.57. The first-order chi connectivity index (χ1) is 10.2. The van der Waals surface area contributed by atoms with Crippen LogP contribution in [0.2, 0.25) is 0 Å². The fourth-order valence-electron chi connectivity index (χ4n) is 2.05. The van der Waals surface area contributed by atoms with Crippen molar-refractivity contribution in [3.63, 3.8) is 0 Å². The number of aromatic nitrogens is 1. The zero-order valence-electron chi connectivity index (χ0n) is 11.1. The van der Waals surface area contributed by atoms with Crippen LogP contribution < -0.4 is 0 Å². The van der Waals surface area contributed by atoms with Crippen molar-refractivity contribution >= 4 is 39.7 Å². The minimum atomic E-state index is 0.119. The van der Waals surface area contributed by atoms with E-state index >= 15 is 0 Å². The van der Waals surface area contributed by atoms with Crippen LogP contribution in [0.1, 0.15) is 15.4 Å². The van der Waals surface area contributed by atoms with Gasteiger partial charge in [0.1, 0.15) is 5.01 Å². The predicted octanol–water partition coefficient (Wildman–Crippen LogP) is 4.84. The van der Waals surface area contributed by atoms with Crippen LogP contribution >= 0.6 is 33.9 Å². The number of halogens is 1. The average molecular weight is 405 g/mol. The van der Waals surface area contributed by atoms with Gasteiger partial charge in [0.15, 0.2) is 5.78 Å². The number of benzene rings is 2. The summed E-state index contributed by atoms with van der Waals surface area (Å²) in [6, 6.07) is 17.7. The van der Waals surface area contributed by atoms with Gasteiger partial charge >= 0.3 is 0 Å². The molecule has 0 aliphatic heterocycles. The molecule has 3 rings (SSSR count). The largest absolute Gasteiger partial charge is 0.294 e. The Balaban J connectivity index is 1.79. The monoisotopic (exact) mass is 405 g/mol. The first kappa shape index (κ1) is 14.4. The molecule has 2 aromatic carbocycles. The summed E-state index contributed by atoms with van der Waals surface area (Å²) in [6.07, 6.45) is 0.359. The summed E-state index contributed by atoms with van der Waals surface area (Å²) in [7, 11) is 0. The van der Waals surface area contributed by atoms with Crippen LogP contribution in [0, 0.1) is 3.57 Å². The van der Waals surface area contributed by atoms with E-state index in [1.165, 1.54) is 11.3 Å². The first-order valence-corrected chi connectivity index (χ1v) is 8.47. The highest BCUT2D eigenvalue weighted by atomic mass is 127. The van der Waals surface area contributed by atoms with E-state index in [-0.39, 0.29) is 5.78 Å². The minimum absolute atomic E-state index is 0.119. The smallest absolute Gasteiger partial charge is 0.170 e. The number of carbonyl (C=O) groups is 1. The van der Waals surface area contributed by atoms with Gasteiger partial charge in [0.05, 0.1) is 12.1 Å². The number of hydrogen-bond acceptors (Lipinski definition) is 3. The molecule has 0 fully saturated rings. The Morgan fingerprint density at radius 2 is 1.76 bits per heavy atom. The van der Waals surface area contributed by atoms with Gasteiger partial charge in [-0.2, -0.15) is 0 Å². The molecule has 1 heterocycles. The fraction of sp³-hybridized carbons (Fsp3) is 0.0588. The van der Waals surface area contributed by atoms with Gasteiger partial charge in [0.25, 0.3) is 0 Å². The van der Waals surface area contributed by atoms with E-state index in [1.807, 2.05) is 60.0 Å². The van der Waals surface area contributed by atoms with Crippen molar-refractivity contribution in [3.05, 3.63) is 74.1 Å². The molecular formula is C17H12INOS. The van der Waals surface area contributed by atoms with Crippen molar-refractivity contribution in [2.24, 2.45) is 0 Å². The first-order valence-electron chi connectivity index (χ1n) is 6.51. The molecule has 0 bridgehead atoms. The number of carbonyl (C=O) groups excluding carboxylic acids is 1. The van der Waals surface area contributed by atoms with E-state index in [0.29, 0.717) is 6.42 Å². The van der Waals surface area contributed by atoms with Gasteiger partial charge in [-0.1, -0.05) is 48.5 Å². The lowest BCUT2D eigenvalue weighted by Gasteiger charge is -2.01. The predicted molar refractivity (Wildman–Crippen MR) is 94.7 cm³/mol. The number of rotatable bonds is 4. The van der Waals surface area contributed by atoms with E-state index in [9.17, 15) is 4.79 Å². The van der Waals surface area contributed by atoms with Gasteiger partial charge in [0.2, 0.25) is 0 Å². The SMILES string of the molecule is O=C(Cc1nc(-c2ccccc2)cs1)c1ccccc1I. The zero-order valence-corrected chi connectivity index (χ0v) is 14.1. The summed E-state index contributed by atoms with van der Waals surface area (Å²) in [5, 5.41) is 2.87. The molecule has 0 saturated carbocycles. The summed E-state index contributed by atoms with van der Waals surface area (Å²) in [4.78, 5) is 16.9. The van der Waals surface area contributed by atoms with Gasteiger partial charge in [0, 0.05) is 20.1 Å². The third-order valence-electron chi connectivity index (χ3n) is 3.11. The maximum Gasteiger partial charge on any atom is 0.170 e. The second-order valence-corrected chi connectivity index (χ2v) is 6.68. The Morgan fingerprint density at radius 1 is 1.05 bits per heavy atom. The fourth-order valence-corrected chi connectivity index (χ4v) is 3.54. The molecule has 0 unspecified atom stereocenters. The Bertz CT molecular complexity index is 767. The lowest BCUT2D eigenvalue weighted by Crippen LogP contribution is -2.05. The van der Waals surface area contributed by atoms with Crippen LogP contribution in [0.4, 0.5) is 0 Å². The van der Waals surface area contributed by atoms with Crippen molar-refractivity contribution in [1.29, 1.82) is 0 Å². The number of thiazole rings is 1. The highest BCUT2D eigenvalue weighted by Gasteiger charge is 2.13. The molecule has 2 nitrogen and oxygen atoms in total. The molecule has 104 valence electrons. The van der Waals surface area contributed by atoms with Crippen LogP contribution in [0.3, 0.4) is 0 Å². The molecule has 0 aliphatic rings. The highest BCUT2D eigenvalue weighted by molar-refractivity contribution is 14.1. The zero-order chi connectivity index (χ0) is 14.7. The van der Waals surface area contributed by atoms with Crippen molar-refractivity contribution in [2.75, 3.05) is 0 Å². The topological polar surface area (TPSA) is 30.0 Å². The summed E-state index contributed by atoms with van der Waals surface area (Å²) in [6.45, 7) is 0. The summed E-state index contributed by atoms with van der Waals surface area (Å²) < 4.78 is 0.986. The van der Waals surface area contributed by atoms with Crippen molar-refractivity contribution in [3.8, 4) is 11.3 Å². The Labute approximate surface area is 141 Å². The standard InChI is InChI=1S/C17H12INOS/c18-14-9-5-4-8-13(14)16(20)10-17-19-15(11-21-17)12-6-2-1-3-7-12/h1-9,11H,10H2. The van der Waals surface area contributed by atoms with E-state index < -0.39 is 0 Å². The molecule has 0 amide bonds. The summed E-state index contributed by atoms with van der Waals surface area (Å²) in [5.74, 6) is 0.119. The number of Topliss-reactive ketones (excluding diaryl/α,β-unsaturated/α-hetero) is 1. The molecule has 1 aromatic heterocycles. The molecule has 0 spiro atoms. The highest BCUT2D eigenvalue weighted by Crippen LogP contribution is 2.23. The van der Waals surface area contributed by atoms with E-state index in [0.717, 1.165) is 25.4 Å². The van der Waals surface area contributed by atoms with Crippen LogP contribution in [-0.2, 0) is 6.42 Å². The van der Waals surface area contributed by atoms with Gasteiger partial charge in [-0.05, 0) is 28.7 Å². The van der Waals surface area contributed by atoms with E-state index in [2.05, 4.69) is 27.6 Å². The third kappa shape index (κ3) is 3.39. The molecular weight excluding hydrogens is 393 g/mol. The van der Waals surface area contributed by atoms with Crippen LogP contribution in [-0.4, -0.2) is 10.8 Å². The third-order valence-corrected chi connectivity index (χ3v) is 4.90. The Morgan fingerprint density at radius 3 is 2.52 bits per heavy atom. The Hall–Kier alpha value is -1.53. The van der Waals surface area contributed by atoms with Crippen LogP contribution in [0.5, 0.6) is 0 Å². The molecule has 0 saturated heterocycles. The van der Waals surface area contributed by atoms with E-state index in [1.54, 1.807) is 0 Å². The minimum Gasteiger partial charge on any atom is -0.294 e. The quantitative estimate of drug-likeness (QED) is 0.459. The average Bonchev–Trinajstić information content (AvgIpc) is 2.97. The van der Waals surface area contributed by atoms with Gasteiger partial charge in [-0.3, -0.25) is 4.79 Å². The molecule has 0 N–H and O–H groups in total. The van der Waals surface area contributed by atoms with Crippen molar-refractivity contribution in [1.82, 2.24) is 4.98 Å². The number of nitrogens with zero attached hydrogens (tertiary/aromatic N) is 1. The van der Waals surface area contributed by atoms with Crippen LogP contribution in [0.15, 0.2) is 60.0 Å². The summed E-state index contributed by atoms with van der Waals surface area (Å²) in [5.41, 5.74) is 2.79. The molecule has 0 atom stereocenters. The number of hydrogen-bond donors (Lipinski definition) is 0. The number of ketones is 1. The lowest BCUT2D eigenvalue weighted by atomic mass is 10.1. The molecule has 3 aromatic rings. The molecule has 21 heavy (non-hydrogen) atoms. The normalized spacial score (nSPS) is 10.5. The van der Waals surface area contributed by atoms with Gasteiger partial charge in [-0.15, -0.1) is 11.3 Å². The maximum atomic E-state index is 12.3. The summed E-state index contributed by atoms with van der Waals surface area (Å²) >= 11 is 3.73. The second kappa shape index (κ2) is 6.49. The van der Waals surface area contributed by atoms with Gasteiger partial charge in [-0.25, -0.2) is 4.98 Å². The van der Waals surface area contributed by atoms with Crippen LogP contribution in [0.25, 0.3) is 11.3 Å². The molecule has 0 radical (unpaired) electrons. The lowest BCUT2D eigenvalue weighted by molar-refractivity contribution is 0.0992. The Kier molecular flexibility index (Phi) is 4.45. The maximum absolute atomic E-state index is 12.3. The molecule has 4 heteroatoms. The van der Waals surface area contributed by atoms with Crippen molar-refractivity contribution < 1.29 is 4.79 Å².